The number of benzene rings is 1. The molecule has 1 atom stereocenters. The molecule has 0 N–H and O–H groups in total. The maximum Gasteiger partial charge on any atom is 0.451 e. The van der Waals surface area contributed by atoms with Gasteiger partial charge in [0.15, 0.2) is 0 Å². The van der Waals surface area contributed by atoms with Crippen molar-refractivity contribution in [2.45, 2.75) is 18.5 Å². The number of aliphatic imine (C=N–C) groups is 1. The largest absolute Gasteiger partial charge is 0.493 e. The Morgan fingerprint density at radius 2 is 2.16 bits per heavy atom. The van der Waals surface area contributed by atoms with Gasteiger partial charge in [-0.2, -0.15) is 13.2 Å². The number of ether oxygens (including phenoxy) is 1. The Hall–Kier alpha value is -1.85. The van der Waals surface area contributed by atoms with E-state index in [4.69, 9.17) is 4.74 Å². The maximum atomic E-state index is 12.0. The summed E-state index contributed by atoms with van der Waals surface area (Å²) in [5.74, 6) is -1.22. The van der Waals surface area contributed by atoms with E-state index < -0.39 is 18.5 Å². The molecule has 1 aliphatic rings. The highest BCUT2D eigenvalue weighted by Gasteiger charge is 2.37. The van der Waals surface area contributed by atoms with Gasteiger partial charge in [0.2, 0.25) is 0 Å². The Bertz CT molecular complexity index is 497. The van der Waals surface area contributed by atoms with Gasteiger partial charge in [-0.1, -0.05) is 18.2 Å². The first-order valence-corrected chi connectivity index (χ1v) is 5.80. The number of carbonyl (C=O) groups is 1. The summed E-state index contributed by atoms with van der Waals surface area (Å²) in [6.45, 7) is -0.371. The molecule has 1 aromatic carbocycles. The van der Waals surface area contributed by atoms with E-state index in [2.05, 4.69) is 4.99 Å². The summed E-state index contributed by atoms with van der Waals surface area (Å²) in [5.41, 5.74) is 0.886. The molecule has 0 bridgehead atoms. The van der Waals surface area contributed by atoms with Crippen molar-refractivity contribution in [2.24, 2.45) is 4.99 Å². The summed E-state index contributed by atoms with van der Waals surface area (Å²) in [4.78, 5) is 14.3. The van der Waals surface area contributed by atoms with Crippen molar-refractivity contribution in [3.63, 3.8) is 0 Å². The predicted octanol–water partition coefficient (Wildman–Crippen LogP) is 2.75. The third kappa shape index (κ3) is 3.33. The third-order valence-electron chi connectivity index (χ3n) is 2.84. The number of fused-ring (bicyclic) bond motifs is 1. The predicted molar refractivity (Wildman–Crippen MR) is 63.7 cm³/mol. The minimum Gasteiger partial charge on any atom is -0.493 e. The van der Waals surface area contributed by atoms with E-state index in [1.165, 1.54) is 6.21 Å². The van der Waals surface area contributed by atoms with Crippen LogP contribution < -0.4 is 4.74 Å². The van der Waals surface area contributed by atoms with Crippen LogP contribution in [0, 0.1) is 0 Å². The van der Waals surface area contributed by atoms with Crippen LogP contribution in [0.3, 0.4) is 0 Å². The van der Waals surface area contributed by atoms with Gasteiger partial charge in [0.25, 0.3) is 5.78 Å². The molecule has 1 aromatic rings. The van der Waals surface area contributed by atoms with Crippen molar-refractivity contribution < 1.29 is 22.7 Å². The molecule has 0 radical (unpaired) electrons. The number of halogens is 3. The normalized spacial score (nSPS) is 19.0. The number of nitrogens with zero attached hydrogens (tertiary/aromatic N) is 1. The third-order valence-corrected chi connectivity index (χ3v) is 2.84. The number of ketones is 1. The van der Waals surface area contributed by atoms with Gasteiger partial charge in [-0.25, -0.2) is 0 Å². The van der Waals surface area contributed by atoms with Crippen molar-refractivity contribution in [3.05, 3.63) is 29.8 Å². The second kappa shape index (κ2) is 5.42. The van der Waals surface area contributed by atoms with Crippen molar-refractivity contribution >= 4 is 12.0 Å². The van der Waals surface area contributed by atoms with Crippen molar-refractivity contribution in [2.75, 3.05) is 13.2 Å². The lowest BCUT2D eigenvalue weighted by Gasteiger charge is -2.22. The van der Waals surface area contributed by atoms with Gasteiger partial charge in [0.05, 0.1) is 6.61 Å². The highest BCUT2D eigenvalue weighted by Crippen LogP contribution is 2.32. The second-order valence-corrected chi connectivity index (χ2v) is 4.19. The minimum absolute atomic E-state index is 0.106. The fourth-order valence-corrected chi connectivity index (χ4v) is 1.88. The fourth-order valence-electron chi connectivity index (χ4n) is 1.88. The summed E-state index contributed by atoms with van der Waals surface area (Å²) >= 11 is 0. The number of Topliss-reactive ketones (excluding diaryl/α,β-unsaturated/α-hetero) is 1. The van der Waals surface area contributed by atoms with Crippen LogP contribution in [0.1, 0.15) is 17.9 Å². The molecule has 0 fully saturated rings. The van der Waals surface area contributed by atoms with Crippen LogP contribution >= 0.6 is 0 Å². The first-order valence-electron chi connectivity index (χ1n) is 5.80. The number of para-hydroxylation sites is 1. The molecule has 1 heterocycles. The van der Waals surface area contributed by atoms with E-state index in [0.717, 1.165) is 5.56 Å². The molecule has 102 valence electrons. The van der Waals surface area contributed by atoms with Gasteiger partial charge in [-0.15, -0.1) is 0 Å². The fraction of sp³-hybridized carbons (Fsp3) is 0.385. The molecule has 0 saturated carbocycles. The zero-order valence-electron chi connectivity index (χ0n) is 9.98. The summed E-state index contributed by atoms with van der Waals surface area (Å²) in [6.07, 6.45) is -2.77. The van der Waals surface area contributed by atoms with Crippen LogP contribution in [-0.2, 0) is 4.79 Å². The molecule has 0 spiro atoms. The molecule has 0 amide bonds. The topological polar surface area (TPSA) is 38.7 Å². The van der Waals surface area contributed by atoms with Gasteiger partial charge < -0.3 is 4.74 Å². The number of hydrogen-bond donors (Lipinski definition) is 0. The molecule has 0 saturated heterocycles. The molecule has 1 aliphatic heterocycles. The second-order valence-electron chi connectivity index (χ2n) is 4.19. The number of alkyl halides is 3. The number of hydrogen-bond acceptors (Lipinski definition) is 3. The van der Waals surface area contributed by atoms with Crippen LogP contribution in [0.4, 0.5) is 13.2 Å². The van der Waals surface area contributed by atoms with Gasteiger partial charge in [-0.05, 0) is 12.5 Å². The van der Waals surface area contributed by atoms with E-state index in [1.54, 1.807) is 6.07 Å². The van der Waals surface area contributed by atoms with Gasteiger partial charge in [-0.3, -0.25) is 9.79 Å². The van der Waals surface area contributed by atoms with Crippen LogP contribution in [0.5, 0.6) is 5.75 Å². The molecular weight excluding hydrogens is 259 g/mol. The lowest BCUT2D eigenvalue weighted by atomic mass is 9.94. The van der Waals surface area contributed by atoms with Crippen LogP contribution in [0.25, 0.3) is 0 Å². The Balaban J connectivity index is 2.03. The number of carbonyl (C=O) groups excluding carboxylic acids is 1. The molecule has 19 heavy (non-hydrogen) atoms. The first kappa shape index (κ1) is 13.6. The summed E-state index contributed by atoms with van der Waals surface area (Å²) in [6, 6.07) is 7.30. The maximum absolute atomic E-state index is 12.0. The van der Waals surface area contributed by atoms with Crippen molar-refractivity contribution in [1.29, 1.82) is 0 Å². The van der Waals surface area contributed by atoms with E-state index >= 15 is 0 Å². The Morgan fingerprint density at radius 3 is 2.89 bits per heavy atom. The molecule has 0 aromatic heterocycles. The monoisotopic (exact) mass is 271 g/mol. The lowest BCUT2D eigenvalue weighted by molar-refractivity contribution is -0.169. The molecule has 1 unspecified atom stereocenters. The Kier molecular flexibility index (Phi) is 3.87. The van der Waals surface area contributed by atoms with Crippen molar-refractivity contribution in [3.8, 4) is 5.75 Å². The van der Waals surface area contributed by atoms with Crippen LogP contribution in [0.2, 0.25) is 0 Å². The highest BCUT2D eigenvalue weighted by atomic mass is 19.4. The van der Waals surface area contributed by atoms with E-state index in [-0.39, 0.29) is 5.92 Å². The summed E-state index contributed by atoms with van der Waals surface area (Å²) < 4.78 is 41.5. The van der Waals surface area contributed by atoms with Gasteiger partial charge in [0.1, 0.15) is 12.3 Å². The smallest absolute Gasteiger partial charge is 0.451 e. The molecule has 6 heteroatoms. The zero-order valence-corrected chi connectivity index (χ0v) is 9.98. The van der Waals surface area contributed by atoms with Gasteiger partial charge in [0, 0.05) is 17.7 Å². The SMILES string of the molecule is O=C(CN=CC1CCOc2ccccc21)C(F)(F)F. The Labute approximate surface area is 108 Å². The minimum atomic E-state index is -4.81. The van der Waals surface area contributed by atoms with Crippen molar-refractivity contribution in [1.82, 2.24) is 0 Å². The van der Waals surface area contributed by atoms with E-state index in [0.29, 0.717) is 18.8 Å². The highest BCUT2D eigenvalue weighted by molar-refractivity contribution is 5.87. The lowest BCUT2D eigenvalue weighted by Crippen LogP contribution is -2.25. The van der Waals surface area contributed by atoms with Crippen LogP contribution in [0.15, 0.2) is 29.3 Å². The standard InChI is InChI=1S/C13H12F3NO2/c14-13(15,16)12(18)8-17-7-9-5-6-19-11-4-2-1-3-10(9)11/h1-4,7,9H,5-6,8H2. The van der Waals surface area contributed by atoms with Gasteiger partial charge >= 0.3 is 6.18 Å². The molecule has 2 rings (SSSR count). The molecule has 0 aliphatic carbocycles. The quantitative estimate of drug-likeness (QED) is 0.793. The zero-order chi connectivity index (χ0) is 13.9. The van der Waals surface area contributed by atoms with Crippen LogP contribution in [-0.4, -0.2) is 31.3 Å². The number of rotatable bonds is 3. The first-order chi connectivity index (χ1) is 8.98. The molecular formula is C13H12F3NO2. The Morgan fingerprint density at radius 1 is 1.42 bits per heavy atom. The van der Waals surface area contributed by atoms with E-state index in [1.807, 2.05) is 18.2 Å². The average Bonchev–Trinajstić information content (AvgIpc) is 2.38. The molecule has 3 nitrogen and oxygen atoms in total. The average molecular weight is 271 g/mol. The van der Waals surface area contributed by atoms with E-state index in [9.17, 15) is 18.0 Å². The summed E-state index contributed by atoms with van der Waals surface area (Å²) in [5, 5.41) is 0. The summed E-state index contributed by atoms with van der Waals surface area (Å²) in [7, 11) is 0.